The van der Waals surface area contributed by atoms with Gasteiger partial charge in [0.15, 0.2) is 4.80 Å². The fourth-order valence-electron chi connectivity index (χ4n) is 1.38. The highest BCUT2D eigenvalue weighted by Crippen LogP contribution is 1.89. The summed E-state index contributed by atoms with van der Waals surface area (Å²) in [6, 6.07) is 0. The lowest BCUT2D eigenvalue weighted by Crippen LogP contribution is -2.29. The van der Waals surface area contributed by atoms with Gasteiger partial charge in [0.05, 0.1) is 11.1 Å². The van der Waals surface area contributed by atoms with Crippen LogP contribution in [0.25, 0.3) is 6.08 Å². The molecule has 0 saturated heterocycles. The first-order chi connectivity index (χ1) is 6.33. The molecule has 0 N–H and O–H groups in total. The molecule has 0 fully saturated rings. The van der Waals surface area contributed by atoms with Crippen molar-refractivity contribution in [3.05, 3.63) is 19.7 Å². The smallest absolute Gasteiger partial charge is 0.269 e. The first-order valence-corrected chi connectivity index (χ1v) is 5.39. The van der Waals surface area contributed by atoms with Crippen molar-refractivity contribution in [3.63, 3.8) is 0 Å². The Bertz CT molecular complexity index is 469. The number of nitrogens with zero attached hydrogens (tertiary/aromatic N) is 2. The third kappa shape index (κ3) is 1.46. The minimum absolute atomic E-state index is 0.148. The van der Waals surface area contributed by atoms with E-state index in [0.29, 0.717) is 0 Å². The molecule has 70 valence electrons. The Balaban J connectivity index is 2.56. The molecule has 0 aromatic carbocycles. The highest BCUT2D eigenvalue weighted by atomic mass is 32.1. The van der Waals surface area contributed by atoms with Crippen LogP contribution >= 0.6 is 11.3 Å². The molecule has 2 heterocycles. The molecule has 0 bridgehead atoms. The molecule has 0 aliphatic carbocycles. The molecular weight excluding hydrogens is 184 g/mol. The van der Waals surface area contributed by atoms with Gasteiger partial charge in [0.1, 0.15) is 0 Å². The predicted molar refractivity (Wildman–Crippen MR) is 53.6 cm³/mol. The topological polar surface area (TPSA) is 34.4 Å². The Hall–Kier alpha value is -0.900. The number of hydrogen-bond donors (Lipinski definition) is 0. The van der Waals surface area contributed by atoms with Crippen LogP contribution in [0.4, 0.5) is 0 Å². The maximum Gasteiger partial charge on any atom is 0.269 e. The zero-order chi connectivity index (χ0) is 9.26. The van der Waals surface area contributed by atoms with Gasteiger partial charge in [-0.15, -0.1) is 0 Å². The lowest BCUT2D eigenvalue weighted by molar-refractivity contribution is 0.740. The van der Waals surface area contributed by atoms with Gasteiger partial charge < -0.3 is 0 Å². The first kappa shape index (κ1) is 8.69. The summed E-state index contributed by atoms with van der Waals surface area (Å²) in [5.74, 6) is 0. The van der Waals surface area contributed by atoms with Gasteiger partial charge >= 0.3 is 0 Å². The van der Waals surface area contributed by atoms with E-state index in [9.17, 15) is 4.79 Å². The van der Waals surface area contributed by atoms with Crippen molar-refractivity contribution in [1.29, 1.82) is 0 Å². The molecular formula is C9H12N2OS. The van der Waals surface area contributed by atoms with Crippen LogP contribution in [-0.4, -0.2) is 11.1 Å². The van der Waals surface area contributed by atoms with Crippen molar-refractivity contribution >= 4 is 17.4 Å². The van der Waals surface area contributed by atoms with Crippen LogP contribution in [0.15, 0.2) is 9.79 Å². The largest absolute Gasteiger partial charge is 0.282 e. The summed E-state index contributed by atoms with van der Waals surface area (Å²) in [5, 5.41) is 0. The molecule has 4 heteroatoms. The summed E-state index contributed by atoms with van der Waals surface area (Å²) in [6.45, 7) is 3.65. The average molecular weight is 196 g/mol. The summed E-state index contributed by atoms with van der Waals surface area (Å²) in [5.41, 5.74) is 0.148. The van der Waals surface area contributed by atoms with Crippen molar-refractivity contribution in [1.82, 2.24) is 4.57 Å². The molecule has 0 radical (unpaired) electrons. The SMILES string of the molecule is CCC/C=c1/sc2n(c1=O)CCN=2. The van der Waals surface area contributed by atoms with E-state index in [1.807, 2.05) is 6.08 Å². The third-order valence-electron chi connectivity index (χ3n) is 2.08. The normalized spacial score (nSPS) is 15.9. The van der Waals surface area contributed by atoms with Gasteiger partial charge in [-0.25, -0.2) is 0 Å². The van der Waals surface area contributed by atoms with E-state index in [1.54, 1.807) is 4.57 Å². The van der Waals surface area contributed by atoms with E-state index in [-0.39, 0.29) is 5.56 Å². The van der Waals surface area contributed by atoms with Crippen LogP contribution in [0.5, 0.6) is 0 Å². The van der Waals surface area contributed by atoms with E-state index < -0.39 is 0 Å². The van der Waals surface area contributed by atoms with Gasteiger partial charge in [0.25, 0.3) is 5.56 Å². The van der Waals surface area contributed by atoms with E-state index in [4.69, 9.17) is 0 Å². The van der Waals surface area contributed by atoms with Gasteiger partial charge in [-0.05, 0) is 6.42 Å². The van der Waals surface area contributed by atoms with Crippen molar-refractivity contribution in [2.45, 2.75) is 26.3 Å². The molecule has 0 atom stereocenters. The highest BCUT2D eigenvalue weighted by molar-refractivity contribution is 7.06. The lowest BCUT2D eigenvalue weighted by atomic mass is 10.3. The third-order valence-corrected chi connectivity index (χ3v) is 3.17. The molecule has 0 spiro atoms. The summed E-state index contributed by atoms with van der Waals surface area (Å²) in [7, 11) is 0. The van der Waals surface area contributed by atoms with Crippen molar-refractivity contribution in [3.8, 4) is 0 Å². The molecule has 0 saturated carbocycles. The lowest BCUT2D eigenvalue weighted by Gasteiger charge is -1.85. The maximum atomic E-state index is 11.6. The minimum Gasteiger partial charge on any atom is -0.282 e. The Morgan fingerprint density at radius 3 is 3.23 bits per heavy atom. The van der Waals surface area contributed by atoms with Crippen LogP contribution in [0.2, 0.25) is 0 Å². The standard InChI is InChI=1S/C9H12N2OS/c1-2-3-4-7-8(12)11-6-5-10-9(11)13-7/h4H,2-3,5-6H2,1H3/b7-4+. The molecule has 1 aliphatic rings. The highest BCUT2D eigenvalue weighted by Gasteiger charge is 2.08. The van der Waals surface area contributed by atoms with Crippen LogP contribution in [-0.2, 0) is 6.54 Å². The average Bonchev–Trinajstić information content (AvgIpc) is 2.67. The summed E-state index contributed by atoms with van der Waals surface area (Å²) >= 11 is 1.52. The number of thiazole rings is 1. The molecule has 0 amide bonds. The number of rotatable bonds is 2. The zero-order valence-electron chi connectivity index (χ0n) is 7.62. The van der Waals surface area contributed by atoms with Crippen LogP contribution < -0.4 is 14.9 Å². The van der Waals surface area contributed by atoms with Gasteiger partial charge in [0.2, 0.25) is 0 Å². The fraction of sp³-hybridized carbons (Fsp3) is 0.556. The van der Waals surface area contributed by atoms with Crippen molar-refractivity contribution in [2.75, 3.05) is 6.54 Å². The van der Waals surface area contributed by atoms with Crippen LogP contribution in [0.1, 0.15) is 19.8 Å². The molecule has 1 aromatic heterocycles. The second-order valence-electron chi connectivity index (χ2n) is 3.08. The van der Waals surface area contributed by atoms with Crippen LogP contribution in [0, 0.1) is 0 Å². The number of hydrogen-bond acceptors (Lipinski definition) is 3. The molecule has 13 heavy (non-hydrogen) atoms. The van der Waals surface area contributed by atoms with E-state index in [0.717, 1.165) is 35.3 Å². The first-order valence-electron chi connectivity index (χ1n) is 4.57. The summed E-state index contributed by atoms with van der Waals surface area (Å²) in [6.07, 6.45) is 4.09. The van der Waals surface area contributed by atoms with Crippen LogP contribution in [0.3, 0.4) is 0 Å². The molecule has 0 unspecified atom stereocenters. The van der Waals surface area contributed by atoms with Gasteiger partial charge in [-0.2, -0.15) is 0 Å². The van der Waals surface area contributed by atoms with E-state index in [1.165, 1.54) is 11.3 Å². The molecule has 2 rings (SSSR count). The summed E-state index contributed by atoms with van der Waals surface area (Å²) < 4.78 is 2.63. The minimum atomic E-state index is 0.148. The Morgan fingerprint density at radius 2 is 2.54 bits per heavy atom. The number of aromatic nitrogens is 1. The number of unbranched alkanes of at least 4 members (excludes halogenated alkanes) is 1. The maximum absolute atomic E-state index is 11.6. The Kier molecular flexibility index (Phi) is 2.31. The van der Waals surface area contributed by atoms with Gasteiger partial charge in [0, 0.05) is 6.54 Å². The van der Waals surface area contributed by atoms with Crippen molar-refractivity contribution in [2.24, 2.45) is 4.99 Å². The molecule has 3 nitrogen and oxygen atoms in total. The Labute approximate surface area is 80.1 Å². The van der Waals surface area contributed by atoms with E-state index >= 15 is 0 Å². The fourth-order valence-corrected chi connectivity index (χ4v) is 2.42. The number of fused-ring (bicyclic) bond motifs is 1. The zero-order valence-corrected chi connectivity index (χ0v) is 8.43. The van der Waals surface area contributed by atoms with Gasteiger partial charge in [-0.3, -0.25) is 14.4 Å². The Morgan fingerprint density at radius 1 is 1.69 bits per heavy atom. The second kappa shape index (κ2) is 3.46. The van der Waals surface area contributed by atoms with E-state index in [2.05, 4.69) is 11.9 Å². The second-order valence-corrected chi connectivity index (χ2v) is 4.09. The van der Waals surface area contributed by atoms with Gasteiger partial charge in [-0.1, -0.05) is 30.8 Å². The molecule has 1 aromatic rings. The summed E-state index contributed by atoms with van der Waals surface area (Å²) in [4.78, 5) is 16.8. The molecule has 1 aliphatic heterocycles. The predicted octanol–water partition coefficient (Wildman–Crippen LogP) is 0.124. The monoisotopic (exact) mass is 196 g/mol. The van der Waals surface area contributed by atoms with Crippen molar-refractivity contribution < 1.29 is 0 Å². The quantitative estimate of drug-likeness (QED) is 0.661.